The lowest BCUT2D eigenvalue weighted by molar-refractivity contribution is -0.248. The zero-order valence-electron chi connectivity index (χ0n) is 11.6. The van der Waals surface area contributed by atoms with Crippen molar-refractivity contribution in [3.05, 3.63) is 23.8 Å². The fourth-order valence-electron chi connectivity index (χ4n) is 4.35. The molecule has 3 atom stereocenters. The summed E-state index contributed by atoms with van der Waals surface area (Å²) in [6.07, 6.45) is 5.54. The summed E-state index contributed by atoms with van der Waals surface area (Å²) >= 11 is 0. The third kappa shape index (κ3) is 1.38. The fourth-order valence-corrected chi connectivity index (χ4v) is 4.35. The number of nitrogens with zero attached hydrogens (tertiary/aromatic N) is 1. The predicted octanol–water partition coefficient (Wildman–Crippen LogP) is 0.332. The van der Waals surface area contributed by atoms with E-state index >= 15 is 0 Å². The Bertz CT molecular complexity index is 636. The van der Waals surface area contributed by atoms with Crippen LogP contribution >= 0.6 is 0 Å². The summed E-state index contributed by atoms with van der Waals surface area (Å²) in [4.78, 5) is 37.9. The van der Waals surface area contributed by atoms with E-state index in [2.05, 4.69) is 0 Å². The number of hydrogen-bond donors (Lipinski definition) is 0. The van der Waals surface area contributed by atoms with Crippen molar-refractivity contribution in [2.45, 2.75) is 30.6 Å². The van der Waals surface area contributed by atoms with Crippen LogP contribution in [0, 0.1) is 5.92 Å². The highest BCUT2D eigenvalue weighted by Crippen LogP contribution is 2.56. The van der Waals surface area contributed by atoms with Crippen LogP contribution in [0.4, 0.5) is 0 Å². The average Bonchev–Trinajstić information content (AvgIpc) is 2.93. The topological polar surface area (TPSA) is 72.9 Å². The van der Waals surface area contributed by atoms with Crippen LogP contribution in [0.3, 0.4) is 0 Å². The van der Waals surface area contributed by atoms with Crippen LogP contribution in [0.5, 0.6) is 0 Å². The third-order valence-electron chi connectivity index (χ3n) is 5.21. The number of esters is 1. The Hall–Kier alpha value is -1.95. The van der Waals surface area contributed by atoms with Crippen LogP contribution in [-0.2, 0) is 23.9 Å². The van der Waals surface area contributed by atoms with Gasteiger partial charge in [0, 0.05) is 32.6 Å². The second-order valence-electron chi connectivity index (χ2n) is 5.99. The highest BCUT2D eigenvalue weighted by atomic mass is 16.7. The van der Waals surface area contributed by atoms with E-state index in [-0.39, 0.29) is 36.4 Å². The number of carbonyl (C=O) groups is 3. The molecule has 0 N–H and O–H groups in total. The summed E-state index contributed by atoms with van der Waals surface area (Å²) in [5, 5.41) is 0. The number of hydrogen-bond acceptors (Lipinski definition) is 5. The summed E-state index contributed by atoms with van der Waals surface area (Å²) in [5.74, 6) is -1.85. The summed E-state index contributed by atoms with van der Waals surface area (Å²) in [6, 6.07) is 0. The second kappa shape index (κ2) is 3.82. The van der Waals surface area contributed by atoms with Gasteiger partial charge in [-0.05, 0) is 11.6 Å². The minimum absolute atomic E-state index is 0.0434. The van der Waals surface area contributed by atoms with E-state index in [1.165, 1.54) is 13.2 Å². The Labute approximate surface area is 121 Å². The lowest BCUT2D eigenvalue weighted by atomic mass is 9.65. The number of carbonyl (C=O) groups excluding carboxylic acids is 3. The first-order valence-electron chi connectivity index (χ1n) is 7.03. The molecule has 21 heavy (non-hydrogen) atoms. The van der Waals surface area contributed by atoms with Crippen molar-refractivity contribution in [3.8, 4) is 0 Å². The van der Waals surface area contributed by atoms with Crippen molar-refractivity contribution < 1.29 is 23.9 Å². The largest absolute Gasteiger partial charge is 0.433 e. The van der Waals surface area contributed by atoms with Gasteiger partial charge in [0.1, 0.15) is 0 Å². The maximum atomic E-state index is 12.3. The SMILES string of the molecule is CO[C@]12CCN3C(=O)C=C4C=CC(=O)C[C@@]43[C@H]1CC(=O)O2. The van der Waals surface area contributed by atoms with Crippen molar-refractivity contribution in [1.82, 2.24) is 4.90 Å². The van der Waals surface area contributed by atoms with Crippen LogP contribution in [0.15, 0.2) is 23.8 Å². The molecule has 3 heterocycles. The molecule has 0 aromatic rings. The van der Waals surface area contributed by atoms with E-state index in [9.17, 15) is 14.4 Å². The molecule has 0 unspecified atom stereocenters. The summed E-state index contributed by atoms with van der Waals surface area (Å²) in [6.45, 7) is 0.414. The summed E-state index contributed by atoms with van der Waals surface area (Å²) in [5.41, 5.74) is 0.0000926. The molecule has 0 aromatic heterocycles. The van der Waals surface area contributed by atoms with E-state index in [1.54, 1.807) is 17.1 Å². The average molecular weight is 289 g/mol. The highest BCUT2D eigenvalue weighted by molar-refractivity contribution is 6.01. The Morgan fingerprint density at radius 1 is 1.33 bits per heavy atom. The van der Waals surface area contributed by atoms with Crippen LogP contribution in [0.1, 0.15) is 19.3 Å². The van der Waals surface area contributed by atoms with Gasteiger partial charge in [-0.15, -0.1) is 0 Å². The maximum Gasteiger partial charge on any atom is 0.308 e. The molecule has 1 aliphatic carbocycles. The molecule has 110 valence electrons. The van der Waals surface area contributed by atoms with Crippen LogP contribution < -0.4 is 0 Å². The molecule has 2 fully saturated rings. The van der Waals surface area contributed by atoms with Crippen molar-refractivity contribution in [2.75, 3.05) is 13.7 Å². The Morgan fingerprint density at radius 3 is 2.90 bits per heavy atom. The van der Waals surface area contributed by atoms with Gasteiger partial charge in [-0.2, -0.15) is 0 Å². The van der Waals surface area contributed by atoms with E-state index in [0.29, 0.717) is 13.0 Å². The molecule has 6 heteroatoms. The predicted molar refractivity (Wildman–Crippen MR) is 69.8 cm³/mol. The van der Waals surface area contributed by atoms with Crippen molar-refractivity contribution >= 4 is 17.7 Å². The molecule has 0 radical (unpaired) electrons. The number of amides is 1. The smallest absolute Gasteiger partial charge is 0.308 e. The van der Waals surface area contributed by atoms with Gasteiger partial charge < -0.3 is 14.4 Å². The van der Waals surface area contributed by atoms with Crippen molar-refractivity contribution in [1.29, 1.82) is 0 Å². The van der Waals surface area contributed by atoms with E-state index in [4.69, 9.17) is 9.47 Å². The number of ether oxygens (including phenoxy) is 2. The zero-order valence-corrected chi connectivity index (χ0v) is 11.6. The van der Waals surface area contributed by atoms with Crippen LogP contribution in [0.2, 0.25) is 0 Å². The Morgan fingerprint density at radius 2 is 2.14 bits per heavy atom. The second-order valence-corrected chi connectivity index (χ2v) is 5.99. The minimum Gasteiger partial charge on any atom is -0.433 e. The first kappa shape index (κ1) is 12.8. The molecule has 3 aliphatic heterocycles. The van der Waals surface area contributed by atoms with Crippen LogP contribution in [0.25, 0.3) is 0 Å². The molecule has 6 nitrogen and oxygen atoms in total. The van der Waals surface area contributed by atoms with Gasteiger partial charge >= 0.3 is 5.97 Å². The Balaban J connectivity index is 1.90. The monoisotopic (exact) mass is 289 g/mol. The van der Waals surface area contributed by atoms with Gasteiger partial charge in [-0.25, -0.2) is 0 Å². The summed E-state index contributed by atoms with van der Waals surface area (Å²) < 4.78 is 11.0. The van der Waals surface area contributed by atoms with E-state index in [1.807, 2.05) is 0 Å². The van der Waals surface area contributed by atoms with Gasteiger partial charge in [-0.1, -0.05) is 6.08 Å². The standard InChI is InChI=1S/C15H15NO5/c1-20-15-4-5-16-12(18)6-9-2-3-10(17)8-14(9,16)11(15)7-13(19)21-15/h2-3,6,11H,4-5,7-8H2,1H3/t11-,14+,15+/m1/s1. The van der Waals surface area contributed by atoms with Crippen molar-refractivity contribution in [3.63, 3.8) is 0 Å². The number of methoxy groups -OCH3 is 1. The number of allylic oxidation sites excluding steroid dienone is 1. The molecule has 1 amide bonds. The lowest BCUT2D eigenvalue weighted by Gasteiger charge is -2.53. The highest BCUT2D eigenvalue weighted by Gasteiger charge is 2.68. The molecule has 0 saturated carbocycles. The number of piperidine rings is 1. The molecule has 4 rings (SSSR count). The first-order valence-corrected chi connectivity index (χ1v) is 7.03. The molecule has 1 spiro atoms. The number of ketones is 1. The maximum absolute atomic E-state index is 12.3. The van der Waals surface area contributed by atoms with E-state index < -0.39 is 11.3 Å². The molecule has 0 aromatic carbocycles. The van der Waals surface area contributed by atoms with Crippen molar-refractivity contribution in [2.24, 2.45) is 5.92 Å². The van der Waals surface area contributed by atoms with Gasteiger partial charge in [-0.3, -0.25) is 14.4 Å². The summed E-state index contributed by atoms with van der Waals surface area (Å²) in [7, 11) is 1.51. The molecule has 4 aliphatic rings. The lowest BCUT2D eigenvalue weighted by Crippen LogP contribution is -2.65. The van der Waals surface area contributed by atoms with Gasteiger partial charge in [0.05, 0.1) is 17.9 Å². The zero-order chi connectivity index (χ0) is 14.8. The fraction of sp³-hybridized carbons (Fsp3) is 0.533. The number of rotatable bonds is 1. The van der Waals surface area contributed by atoms with E-state index in [0.717, 1.165) is 5.57 Å². The number of fused-ring (bicyclic) bond motifs is 1. The van der Waals surface area contributed by atoms with Gasteiger partial charge in [0.2, 0.25) is 11.7 Å². The molecule has 2 saturated heterocycles. The minimum atomic E-state index is -1.03. The van der Waals surface area contributed by atoms with Crippen LogP contribution in [-0.4, -0.2) is 47.5 Å². The normalized spacial score (nSPS) is 40.6. The molecular weight excluding hydrogens is 274 g/mol. The quantitative estimate of drug-likeness (QED) is 0.651. The first-order chi connectivity index (χ1) is 10.0. The molecular formula is C15H15NO5. The Kier molecular flexibility index (Phi) is 2.32. The third-order valence-corrected chi connectivity index (χ3v) is 5.21. The van der Waals surface area contributed by atoms with Gasteiger partial charge in [0.15, 0.2) is 5.78 Å². The molecule has 0 bridgehead atoms. The van der Waals surface area contributed by atoms with Gasteiger partial charge in [0.25, 0.3) is 0 Å².